The van der Waals surface area contributed by atoms with Gasteiger partial charge in [-0.05, 0) is 11.1 Å². The number of nitriles is 1. The van der Waals surface area contributed by atoms with Crippen LogP contribution >= 0.6 is 0 Å². The van der Waals surface area contributed by atoms with E-state index in [-0.39, 0.29) is 6.54 Å². The first-order valence-corrected chi connectivity index (χ1v) is 4.96. The van der Waals surface area contributed by atoms with Crippen LogP contribution in [-0.4, -0.2) is 9.78 Å². The van der Waals surface area contributed by atoms with Crippen molar-refractivity contribution in [2.24, 2.45) is 0 Å². The van der Waals surface area contributed by atoms with E-state index in [1.165, 1.54) is 0 Å². The Morgan fingerprint density at radius 3 is 2.69 bits per heavy atom. The number of benzene rings is 1. The molecule has 0 bridgehead atoms. The van der Waals surface area contributed by atoms with Gasteiger partial charge < -0.3 is 0 Å². The zero-order chi connectivity index (χ0) is 11.4. The first-order chi connectivity index (χ1) is 7.83. The molecule has 0 aliphatic rings. The van der Waals surface area contributed by atoms with Gasteiger partial charge in [0.2, 0.25) is 0 Å². The molecule has 0 N–H and O–H groups in total. The van der Waals surface area contributed by atoms with Crippen molar-refractivity contribution in [1.29, 1.82) is 5.26 Å². The summed E-state index contributed by atoms with van der Waals surface area (Å²) in [7, 11) is 0. The van der Waals surface area contributed by atoms with Gasteiger partial charge in [0.15, 0.2) is 0 Å². The van der Waals surface area contributed by atoms with E-state index < -0.39 is 0 Å². The van der Waals surface area contributed by atoms with Crippen LogP contribution in [0.15, 0.2) is 43.2 Å². The minimum atomic E-state index is 0.282. The van der Waals surface area contributed by atoms with E-state index in [1.54, 1.807) is 10.9 Å². The molecule has 3 nitrogen and oxygen atoms in total. The van der Waals surface area contributed by atoms with E-state index in [2.05, 4.69) is 17.7 Å². The van der Waals surface area contributed by atoms with Crippen LogP contribution in [0.5, 0.6) is 0 Å². The van der Waals surface area contributed by atoms with Crippen molar-refractivity contribution >= 4 is 6.08 Å². The second kappa shape index (κ2) is 4.45. The number of aromatic nitrogens is 2. The van der Waals surface area contributed by atoms with Gasteiger partial charge in [-0.2, -0.15) is 10.4 Å². The molecule has 0 unspecified atom stereocenters. The molecular formula is C13H11N3. The molecular weight excluding hydrogens is 198 g/mol. The van der Waals surface area contributed by atoms with E-state index in [1.807, 2.05) is 36.5 Å². The van der Waals surface area contributed by atoms with Crippen molar-refractivity contribution < 1.29 is 0 Å². The highest BCUT2D eigenvalue weighted by Crippen LogP contribution is 2.19. The Balaban J connectivity index is 2.28. The number of nitrogens with zero attached hydrogens (tertiary/aromatic N) is 3. The fourth-order valence-corrected chi connectivity index (χ4v) is 1.48. The summed E-state index contributed by atoms with van der Waals surface area (Å²) >= 11 is 0. The van der Waals surface area contributed by atoms with Gasteiger partial charge in [-0.25, -0.2) is 0 Å². The molecule has 1 aromatic heterocycles. The molecule has 0 aliphatic heterocycles. The average Bonchev–Trinajstić information content (AvgIpc) is 2.78. The van der Waals surface area contributed by atoms with Gasteiger partial charge in [-0.3, -0.25) is 4.68 Å². The Kier molecular flexibility index (Phi) is 2.84. The average molecular weight is 209 g/mol. The second-order valence-corrected chi connectivity index (χ2v) is 3.41. The lowest BCUT2D eigenvalue weighted by Crippen LogP contribution is -1.93. The van der Waals surface area contributed by atoms with Crippen LogP contribution in [0.4, 0.5) is 0 Å². The molecule has 0 amide bonds. The molecule has 2 aromatic rings. The summed E-state index contributed by atoms with van der Waals surface area (Å²) < 4.78 is 1.62. The Bertz CT molecular complexity index is 529. The summed E-state index contributed by atoms with van der Waals surface area (Å²) in [6.07, 6.45) is 5.44. The highest BCUT2D eigenvalue weighted by atomic mass is 15.3. The molecule has 0 saturated carbocycles. The molecule has 0 atom stereocenters. The lowest BCUT2D eigenvalue weighted by molar-refractivity contribution is 0.710. The molecule has 0 spiro atoms. The molecule has 1 heterocycles. The largest absolute Gasteiger partial charge is 0.258 e. The second-order valence-electron chi connectivity index (χ2n) is 3.41. The van der Waals surface area contributed by atoms with Crippen molar-refractivity contribution in [1.82, 2.24) is 9.78 Å². The summed E-state index contributed by atoms with van der Waals surface area (Å²) in [5.74, 6) is 0. The van der Waals surface area contributed by atoms with Gasteiger partial charge >= 0.3 is 0 Å². The Morgan fingerprint density at radius 1 is 1.31 bits per heavy atom. The lowest BCUT2D eigenvalue weighted by atomic mass is 10.1. The van der Waals surface area contributed by atoms with Gasteiger partial charge in [0.05, 0.1) is 12.3 Å². The molecule has 0 fully saturated rings. The van der Waals surface area contributed by atoms with Crippen LogP contribution in [0.25, 0.3) is 17.2 Å². The Labute approximate surface area is 94.3 Å². The molecule has 1 aromatic carbocycles. The van der Waals surface area contributed by atoms with Crippen LogP contribution in [0.3, 0.4) is 0 Å². The molecule has 0 radical (unpaired) electrons. The molecule has 2 rings (SSSR count). The third-order valence-corrected chi connectivity index (χ3v) is 2.35. The molecule has 3 heteroatoms. The van der Waals surface area contributed by atoms with Crippen molar-refractivity contribution in [3.05, 3.63) is 48.8 Å². The van der Waals surface area contributed by atoms with Gasteiger partial charge in [0.25, 0.3) is 0 Å². The topological polar surface area (TPSA) is 41.6 Å². The summed E-state index contributed by atoms with van der Waals surface area (Å²) in [6, 6.07) is 10.1. The molecule has 0 aliphatic carbocycles. The Morgan fingerprint density at radius 2 is 2.06 bits per heavy atom. The first-order valence-electron chi connectivity index (χ1n) is 4.96. The summed E-state index contributed by atoms with van der Waals surface area (Å²) in [6.45, 7) is 3.99. The fraction of sp³-hybridized carbons (Fsp3) is 0.0769. The van der Waals surface area contributed by atoms with Crippen LogP contribution in [0.2, 0.25) is 0 Å². The maximum Gasteiger partial charge on any atom is 0.128 e. The highest BCUT2D eigenvalue weighted by Gasteiger charge is 2.00. The van der Waals surface area contributed by atoms with Gasteiger partial charge in [0, 0.05) is 11.8 Å². The predicted octanol–water partition coefficient (Wildman–Crippen LogP) is 2.72. The van der Waals surface area contributed by atoms with Crippen molar-refractivity contribution in [2.75, 3.05) is 0 Å². The summed E-state index contributed by atoms with van der Waals surface area (Å²) in [5, 5.41) is 12.6. The van der Waals surface area contributed by atoms with Crippen LogP contribution in [0.1, 0.15) is 5.56 Å². The maximum absolute atomic E-state index is 8.55. The first kappa shape index (κ1) is 10.2. The third-order valence-electron chi connectivity index (χ3n) is 2.35. The minimum Gasteiger partial charge on any atom is -0.258 e. The van der Waals surface area contributed by atoms with Crippen LogP contribution < -0.4 is 0 Å². The third kappa shape index (κ3) is 2.01. The molecule has 16 heavy (non-hydrogen) atoms. The number of hydrogen-bond acceptors (Lipinski definition) is 2. The van der Waals surface area contributed by atoms with Gasteiger partial charge in [-0.1, -0.05) is 36.9 Å². The maximum atomic E-state index is 8.55. The van der Waals surface area contributed by atoms with Crippen molar-refractivity contribution in [3.8, 4) is 17.2 Å². The van der Waals surface area contributed by atoms with Crippen LogP contribution in [0, 0.1) is 11.3 Å². The quantitative estimate of drug-likeness (QED) is 0.779. The summed E-state index contributed by atoms with van der Waals surface area (Å²) in [5.41, 5.74) is 3.20. The fourth-order valence-electron chi connectivity index (χ4n) is 1.48. The van der Waals surface area contributed by atoms with Gasteiger partial charge in [0.1, 0.15) is 6.54 Å². The van der Waals surface area contributed by atoms with E-state index in [9.17, 15) is 0 Å². The van der Waals surface area contributed by atoms with E-state index in [4.69, 9.17) is 5.26 Å². The highest BCUT2D eigenvalue weighted by molar-refractivity contribution is 5.64. The SMILES string of the molecule is C=Cc1ccc(-c2cnn(CC#N)c2)cc1. The normalized spacial score (nSPS) is 9.69. The minimum absolute atomic E-state index is 0.282. The smallest absolute Gasteiger partial charge is 0.128 e. The summed E-state index contributed by atoms with van der Waals surface area (Å²) in [4.78, 5) is 0. The van der Waals surface area contributed by atoms with E-state index >= 15 is 0 Å². The predicted molar refractivity (Wildman–Crippen MR) is 63.4 cm³/mol. The zero-order valence-corrected chi connectivity index (χ0v) is 8.80. The molecule has 0 saturated heterocycles. The Hall–Kier alpha value is -2.34. The monoisotopic (exact) mass is 209 g/mol. The van der Waals surface area contributed by atoms with Gasteiger partial charge in [-0.15, -0.1) is 0 Å². The lowest BCUT2D eigenvalue weighted by Gasteiger charge is -1.97. The number of rotatable bonds is 3. The van der Waals surface area contributed by atoms with Crippen LogP contribution in [-0.2, 0) is 6.54 Å². The number of hydrogen-bond donors (Lipinski definition) is 0. The van der Waals surface area contributed by atoms with E-state index in [0.29, 0.717) is 0 Å². The van der Waals surface area contributed by atoms with Crippen molar-refractivity contribution in [2.45, 2.75) is 6.54 Å². The zero-order valence-electron chi connectivity index (χ0n) is 8.80. The van der Waals surface area contributed by atoms with E-state index in [0.717, 1.165) is 16.7 Å². The molecule has 78 valence electrons. The standard InChI is InChI=1S/C13H11N3/c1-2-11-3-5-12(6-4-11)13-9-15-16(10-13)8-7-14/h2-6,9-10H,1,8H2. The van der Waals surface area contributed by atoms with Crippen molar-refractivity contribution in [3.63, 3.8) is 0 Å².